The van der Waals surface area contributed by atoms with E-state index in [1.165, 1.54) is 12.0 Å². The highest BCUT2D eigenvalue weighted by Gasteiger charge is 2.28. The number of aliphatic hydroxyl groups is 1. The first kappa shape index (κ1) is 13.4. The zero-order valence-corrected chi connectivity index (χ0v) is 11.4. The second-order valence-electron chi connectivity index (χ2n) is 5.54. The van der Waals surface area contributed by atoms with Crippen molar-refractivity contribution in [2.45, 2.75) is 58.2 Å². The van der Waals surface area contributed by atoms with E-state index < -0.39 is 0 Å². The molecule has 1 N–H and O–H groups in total. The third-order valence-corrected chi connectivity index (χ3v) is 3.77. The van der Waals surface area contributed by atoms with Crippen LogP contribution in [-0.4, -0.2) is 17.3 Å². The van der Waals surface area contributed by atoms with Crippen LogP contribution in [0.2, 0.25) is 0 Å². The van der Waals surface area contributed by atoms with Gasteiger partial charge in [-0.1, -0.05) is 32.4 Å². The lowest BCUT2D eigenvalue weighted by atomic mass is 9.86. The first-order chi connectivity index (χ1) is 8.69. The Morgan fingerprint density at radius 3 is 2.61 bits per heavy atom. The predicted molar refractivity (Wildman–Crippen MR) is 73.9 cm³/mol. The van der Waals surface area contributed by atoms with Crippen molar-refractivity contribution in [1.82, 2.24) is 0 Å². The Balaban J connectivity index is 1.95. The first-order valence-electron chi connectivity index (χ1n) is 7.12. The van der Waals surface area contributed by atoms with Gasteiger partial charge in [0.05, 0.1) is 6.10 Å². The zero-order valence-electron chi connectivity index (χ0n) is 11.4. The van der Waals surface area contributed by atoms with E-state index in [9.17, 15) is 5.11 Å². The van der Waals surface area contributed by atoms with Gasteiger partial charge in [-0.25, -0.2) is 0 Å². The van der Waals surface area contributed by atoms with Gasteiger partial charge < -0.3 is 9.84 Å². The van der Waals surface area contributed by atoms with Crippen molar-refractivity contribution in [3.8, 4) is 5.75 Å². The van der Waals surface area contributed by atoms with Crippen molar-refractivity contribution in [3.63, 3.8) is 0 Å². The van der Waals surface area contributed by atoms with E-state index in [0.717, 1.165) is 31.4 Å². The normalized spacial score (nSPS) is 28.1. The topological polar surface area (TPSA) is 29.5 Å². The summed E-state index contributed by atoms with van der Waals surface area (Å²) in [5.74, 6) is 1.53. The molecule has 18 heavy (non-hydrogen) atoms. The van der Waals surface area contributed by atoms with Gasteiger partial charge in [0, 0.05) is 0 Å². The molecule has 1 fully saturated rings. The predicted octanol–water partition coefficient (Wildman–Crippen LogP) is 3.57. The molecule has 100 valence electrons. The average molecular weight is 248 g/mol. The maximum atomic E-state index is 9.96. The Morgan fingerprint density at radius 2 is 1.94 bits per heavy atom. The maximum absolute atomic E-state index is 9.96. The van der Waals surface area contributed by atoms with E-state index in [0.29, 0.717) is 5.92 Å². The molecule has 1 aliphatic rings. The van der Waals surface area contributed by atoms with Gasteiger partial charge in [-0.3, -0.25) is 0 Å². The van der Waals surface area contributed by atoms with Crippen LogP contribution in [0.5, 0.6) is 5.75 Å². The zero-order chi connectivity index (χ0) is 13.0. The molecule has 0 saturated heterocycles. The highest BCUT2D eigenvalue weighted by atomic mass is 16.5. The lowest BCUT2D eigenvalue weighted by Gasteiger charge is -2.31. The highest BCUT2D eigenvalue weighted by molar-refractivity contribution is 5.27. The molecule has 1 aromatic carbocycles. The third-order valence-electron chi connectivity index (χ3n) is 3.77. The summed E-state index contributed by atoms with van der Waals surface area (Å²) < 4.78 is 5.92. The fourth-order valence-electron chi connectivity index (χ4n) is 2.64. The number of hydrogen-bond acceptors (Lipinski definition) is 2. The van der Waals surface area contributed by atoms with Crippen LogP contribution in [0.15, 0.2) is 24.3 Å². The minimum Gasteiger partial charge on any atom is -0.488 e. The van der Waals surface area contributed by atoms with Crippen LogP contribution < -0.4 is 4.74 Å². The van der Waals surface area contributed by atoms with Crippen LogP contribution >= 0.6 is 0 Å². The number of benzene rings is 1. The van der Waals surface area contributed by atoms with E-state index in [4.69, 9.17) is 4.74 Å². The number of ether oxygens (including phenoxy) is 1. The highest BCUT2D eigenvalue weighted by Crippen LogP contribution is 2.28. The molecule has 2 rings (SSSR count). The molecule has 1 saturated carbocycles. The van der Waals surface area contributed by atoms with Crippen LogP contribution in [0.3, 0.4) is 0 Å². The molecule has 3 atom stereocenters. The van der Waals surface area contributed by atoms with Gasteiger partial charge in [0.1, 0.15) is 11.9 Å². The summed E-state index contributed by atoms with van der Waals surface area (Å²) in [6.07, 6.45) is 4.86. The Hall–Kier alpha value is -1.02. The molecular formula is C16H24O2. The van der Waals surface area contributed by atoms with Gasteiger partial charge >= 0.3 is 0 Å². The van der Waals surface area contributed by atoms with Crippen LogP contribution in [0.4, 0.5) is 0 Å². The molecule has 3 unspecified atom stereocenters. The van der Waals surface area contributed by atoms with Crippen molar-refractivity contribution in [2.24, 2.45) is 5.92 Å². The number of aliphatic hydroxyl groups excluding tert-OH is 1. The monoisotopic (exact) mass is 248 g/mol. The largest absolute Gasteiger partial charge is 0.488 e. The fourth-order valence-corrected chi connectivity index (χ4v) is 2.64. The second-order valence-corrected chi connectivity index (χ2v) is 5.54. The van der Waals surface area contributed by atoms with E-state index in [2.05, 4.69) is 26.0 Å². The summed E-state index contributed by atoms with van der Waals surface area (Å²) in [4.78, 5) is 0. The molecular weight excluding hydrogens is 224 g/mol. The summed E-state index contributed by atoms with van der Waals surface area (Å²) in [5.41, 5.74) is 1.35. The number of rotatable bonds is 4. The minimum absolute atomic E-state index is 0.0363. The van der Waals surface area contributed by atoms with E-state index in [-0.39, 0.29) is 12.2 Å². The van der Waals surface area contributed by atoms with Crippen LogP contribution in [-0.2, 0) is 6.42 Å². The van der Waals surface area contributed by atoms with Crippen molar-refractivity contribution in [1.29, 1.82) is 0 Å². The lowest BCUT2D eigenvalue weighted by molar-refractivity contribution is -0.00758. The molecule has 1 aliphatic carbocycles. The summed E-state index contributed by atoms with van der Waals surface area (Å²) in [6, 6.07) is 8.29. The van der Waals surface area contributed by atoms with Crippen LogP contribution in [0.25, 0.3) is 0 Å². The molecule has 1 aromatic rings. The summed E-state index contributed by atoms with van der Waals surface area (Å²) in [6.45, 7) is 4.41. The van der Waals surface area contributed by atoms with Gasteiger partial charge in [0.15, 0.2) is 0 Å². The van der Waals surface area contributed by atoms with Gasteiger partial charge in [-0.2, -0.15) is 0 Å². The lowest BCUT2D eigenvalue weighted by Crippen LogP contribution is -2.37. The quantitative estimate of drug-likeness (QED) is 0.882. The first-order valence-corrected chi connectivity index (χ1v) is 7.12. The molecule has 0 radical (unpaired) electrons. The molecule has 0 bridgehead atoms. The van der Waals surface area contributed by atoms with Crippen LogP contribution in [0.1, 0.15) is 45.1 Å². The number of aryl methyl sites for hydroxylation is 1. The summed E-state index contributed by atoms with van der Waals surface area (Å²) in [5, 5.41) is 9.96. The fraction of sp³-hybridized carbons (Fsp3) is 0.625. The molecule has 0 heterocycles. The SMILES string of the molecule is CCCc1ccc(OC2CC(C)CCC2O)cc1. The van der Waals surface area contributed by atoms with E-state index in [1.807, 2.05) is 12.1 Å². The second kappa shape index (κ2) is 6.24. The van der Waals surface area contributed by atoms with Crippen molar-refractivity contribution in [2.75, 3.05) is 0 Å². The Bertz CT molecular complexity index is 358. The molecule has 2 nitrogen and oxygen atoms in total. The summed E-state index contributed by atoms with van der Waals surface area (Å²) in [7, 11) is 0. The Kier molecular flexibility index (Phi) is 4.65. The van der Waals surface area contributed by atoms with Gasteiger partial charge in [0.2, 0.25) is 0 Å². The van der Waals surface area contributed by atoms with Crippen LogP contribution in [0, 0.1) is 5.92 Å². The van der Waals surface area contributed by atoms with E-state index >= 15 is 0 Å². The van der Waals surface area contributed by atoms with Crippen molar-refractivity contribution >= 4 is 0 Å². The van der Waals surface area contributed by atoms with Crippen molar-refractivity contribution < 1.29 is 9.84 Å². The van der Waals surface area contributed by atoms with E-state index in [1.54, 1.807) is 0 Å². The van der Waals surface area contributed by atoms with Crippen molar-refractivity contribution in [3.05, 3.63) is 29.8 Å². The maximum Gasteiger partial charge on any atom is 0.125 e. The molecule has 2 heteroatoms. The van der Waals surface area contributed by atoms with Gasteiger partial charge in [-0.15, -0.1) is 0 Å². The third kappa shape index (κ3) is 3.49. The molecule has 0 aliphatic heterocycles. The Morgan fingerprint density at radius 1 is 1.22 bits per heavy atom. The standard InChI is InChI=1S/C16H24O2/c1-3-4-13-6-8-14(9-7-13)18-16-11-12(2)5-10-15(16)17/h6-9,12,15-17H,3-5,10-11H2,1-2H3. The number of hydrogen-bond donors (Lipinski definition) is 1. The molecule has 0 amide bonds. The van der Waals surface area contributed by atoms with Gasteiger partial charge in [-0.05, 0) is 49.3 Å². The smallest absolute Gasteiger partial charge is 0.125 e. The molecule has 0 spiro atoms. The Labute approximate surface area is 110 Å². The van der Waals surface area contributed by atoms with Gasteiger partial charge in [0.25, 0.3) is 0 Å². The summed E-state index contributed by atoms with van der Waals surface area (Å²) >= 11 is 0. The minimum atomic E-state index is -0.309. The average Bonchev–Trinajstić information content (AvgIpc) is 2.37. The molecule has 0 aromatic heterocycles.